The van der Waals surface area contributed by atoms with Crippen molar-refractivity contribution in [3.63, 3.8) is 0 Å². The van der Waals surface area contributed by atoms with E-state index < -0.39 is 17.4 Å². The third kappa shape index (κ3) is 4.09. The molecule has 0 fully saturated rings. The highest BCUT2D eigenvalue weighted by Crippen LogP contribution is 2.32. The van der Waals surface area contributed by atoms with Gasteiger partial charge in [0.05, 0.1) is 25.5 Å². The Labute approximate surface area is 164 Å². The molecular weight excluding hydrogens is 360 g/mol. The summed E-state index contributed by atoms with van der Waals surface area (Å²) in [7, 11) is 4.63. The van der Waals surface area contributed by atoms with Crippen LogP contribution in [0, 0.1) is 0 Å². The van der Waals surface area contributed by atoms with Gasteiger partial charge in [0.1, 0.15) is 11.5 Å². The first-order valence-corrected chi connectivity index (χ1v) is 8.93. The van der Waals surface area contributed by atoms with E-state index in [4.69, 9.17) is 14.2 Å². The number of hydrogen-bond acceptors (Lipinski definition) is 5. The van der Waals surface area contributed by atoms with Gasteiger partial charge < -0.3 is 24.8 Å². The molecule has 0 saturated heterocycles. The molecular formula is C21H24N2O5. The fourth-order valence-electron chi connectivity index (χ4n) is 3.41. The molecule has 1 aliphatic rings. The summed E-state index contributed by atoms with van der Waals surface area (Å²) in [6.07, 6.45) is 1.37. The Bertz CT molecular complexity index is 856. The fraction of sp³-hybridized carbons (Fsp3) is 0.333. The molecule has 1 aliphatic carbocycles. The van der Waals surface area contributed by atoms with Crippen LogP contribution in [-0.2, 0) is 27.2 Å². The van der Waals surface area contributed by atoms with Crippen molar-refractivity contribution in [2.75, 3.05) is 33.2 Å². The highest BCUT2D eigenvalue weighted by Gasteiger charge is 2.38. The largest absolute Gasteiger partial charge is 0.497 e. The monoisotopic (exact) mass is 384 g/mol. The summed E-state index contributed by atoms with van der Waals surface area (Å²) in [5.41, 5.74) is 2.21. The molecule has 7 nitrogen and oxygen atoms in total. The minimum atomic E-state index is -0.784. The van der Waals surface area contributed by atoms with Crippen molar-refractivity contribution >= 4 is 17.5 Å². The number of methoxy groups -OCH3 is 3. The number of hydrogen-bond donors (Lipinski definition) is 2. The molecule has 2 aromatic rings. The molecule has 0 spiro atoms. The minimum absolute atomic E-state index is 0.236. The SMILES string of the molecule is COc1ccc(OC)c(NC(=O)C(=O)NCC2(OC)Cc3ccccc3C2)c1. The second-order valence-corrected chi connectivity index (χ2v) is 6.71. The average molecular weight is 384 g/mol. The van der Waals surface area contributed by atoms with Gasteiger partial charge in [-0.05, 0) is 23.3 Å². The van der Waals surface area contributed by atoms with E-state index in [1.807, 2.05) is 12.1 Å². The van der Waals surface area contributed by atoms with Crippen molar-refractivity contribution in [3.8, 4) is 11.5 Å². The lowest BCUT2D eigenvalue weighted by Gasteiger charge is -2.27. The molecule has 2 amide bonds. The first kappa shape index (κ1) is 19.7. The zero-order chi connectivity index (χ0) is 20.1. The van der Waals surface area contributed by atoms with E-state index in [2.05, 4.69) is 22.8 Å². The lowest BCUT2D eigenvalue weighted by molar-refractivity contribution is -0.137. The molecule has 0 heterocycles. The van der Waals surface area contributed by atoms with Crippen molar-refractivity contribution in [1.82, 2.24) is 5.32 Å². The van der Waals surface area contributed by atoms with E-state index in [1.54, 1.807) is 25.3 Å². The van der Waals surface area contributed by atoms with E-state index >= 15 is 0 Å². The lowest BCUT2D eigenvalue weighted by Crippen LogP contribution is -2.48. The van der Waals surface area contributed by atoms with Crippen molar-refractivity contribution in [3.05, 3.63) is 53.6 Å². The number of carbonyl (C=O) groups excluding carboxylic acids is 2. The summed E-state index contributed by atoms with van der Waals surface area (Å²) in [4.78, 5) is 24.7. The summed E-state index contributed by atoms with van der Waals surface area (Å²) in [6.45, 7) is 0.236. The maximum atomic E-state index is 12.3. The summed E-state index contributed by atoms with van der Waals surface area (Å²) in [5.74, 6) is -0.550. The maximum absolute atomic E-state index is 12.3. The van der Waals surface area contributed by atoms with Crippen LogP contribution in [0.1, 0.15) is 11.1 Å². The fourth-order valence-corrected chi connectivity index (χ4v) is 3.41. The van der Waals surface area contributed by atoms with E-state index in [-0.39, 0.29) is 6.54 Å². The van der Waals surface area contributed by atoms with Crippen LogP contribution in [0.4, 0.5) is 5.69 Å². The smallest absolute Gasteiger partial charge is 0.313 e. The summed E-state index contributed by atoms with van der Waals surface area (Å²) in [5, 5.41) is 5.25. The molecule has 0 radical (unpaired) electrons. The van der Waals surface area contributed by atoms with E-state index in [9.17, 15) is 9.59 Å². The number of anilines is 1. The highest BCUT2D eigenvalue weighted by molar-refractivity contribution is 6.39. The van der Waals surface area contributed by atoms with Crippen LogP contribution in [-0.4, -0.2) is 45.3 Å². The van der Waals surface area contributed by atoms with Crippen LogP contribution >= 0.6 is 0 Å². The van der Waals surface area contributed by atoms with Gasteiger partial charge in [-0.2, -0.15) is 0 Å². The molecule has 2 N–H and O–H groups in total. The molecule has 28 heavy (non-hydrogen) atoms. The Balaban J connectivity index is 1.63. The first-order chi connectivity index (χ1) is 13.5. The molecule has 0 bridgehead atoms. The van der Waals surface area contributed by atoms with Crippen LogP contribution in [0.25, 0.3) is 0 Å². The molecule has 7 heteroatoms. The van der Waals surface area contributed by atoms with Crippen molar-refractivity contribution < 1.29 is 23.8 Å². The first-order valence-electron chi connectivity index (χ1n) is 8.93. The molecule has 2 aromatic carbocycles. The Morgan fingerprint density at radius 1 is 0.964 bits per heavy atom. The van der Waals surface area contributed by atoms with Crippen LogP contribution in [0.5, 0.6) is 11.5 Å². The standard InChI is InChI=1S/C21H24N2O5/c1-26-16-8-9-18(27-2)17(10-16)23-20(25)19(24)22-13-21(28-3)11-14-6-4-5-7-15(14)12-21/h4-10H,11-13H2,1-3H3,(H,22,24)(H,23,25). The maximum Gasteiger partial charge on any atom is 0.313 e. The normalized spacial score (nSPS) is 14.1. The lowest BCUT2D eigenvalue weighted by atomic mass is 10.00. The quantitative estimate of drug-likeness (QED) is 0.744. The van der Waals surface area contributed by atoms with Gasteiger partial charge in [-0.25, -0.2) is 0 Å². The number of benzene rings is 2. The summed E-state index contributed by atoms with van der Waals surface area (Å²) >= 11 is 0. The predicted octanol–water partition coefficient (Wildman–Crippen LogP) is 1.94. The van der Waals surface area contributed by atoms with Crippen LogP contribution in [0.3, 0.4) is 0 Å². The molecule has 148 valence electrons. The van der Waals surface area contributed by atoms with Gasteiger partial charge in [0.2, 0.25) is 0 Å². The Hall–Kier alpha value is -3.06. The van der Waals surface area contributed by atoms with Gasteiger partial charge in [-0.15, -0.1) is 0 Å². The average Bonchev–Trinajstić information content (AvgIpc) is 3.11. The van der Waals surface area contributed by atoms with E-state index in [0.717, 1.165) is 0 Å². The van der Waals surface area contributed by atoms with E-state index in [0.29, 0.717) is 30.0 Å². The topological polar surface area (TPSA) is 85.9 Å². The van der Waals surface area contributed by atoms with Crippen LogP contribution in [0.15, 0.2) is 42.5 Å². The van der Waals surface area contributed by atoms with Crippen molar-refractivity contribution in [1.29, 1.82) is 0 Å². The van der Waals surface area contributed by atoms with Crippen LogP contribution < -0.4 is 20.1 Å². The summed E-state index contributed by atoms with van der Waals surface area (Å²) in [6, 6.07) is 13.0. The van der Waals surface area contributed by atoms with Gasteiger partial charge in [0.15, 0.2) is 0 Å². The third-order valence-corrected chi connectivity index (χ3v) is 5.01. The van der Waals surface area contributed by atoms with Gasteiger partial charge >= 0.3 is 11.8 Å². The molecule has 0 aliphatic heterocycles. The molecule has 3 rings (SSSR count). The van der Waals surface area contributed by atoms with Gasteiger partial charge in [-0.1, -0.05) is 24.3 Å². The Kier molecular flexibility index (Phi) is 5.84. The molecule has 0 unspecified atom stereocenters. The number of carbonyl (C=O) groups is 2. The number of ether oxygens (including phenoxy) is 3. The minimum Gasteiger partial charge on any atom is -0.497 e. The Morgan fingerprint density at radius 2 is 1.64 bits per heavy atom. The zero-order valence-corrected chi connectivity index (χ0v) is 16.2. The summed E-state index contributed by atoms with van der Waals surface area (Å²) < 4.78 is 16.1. The zero-order valence-electron chi connectivity index (χ0n) is 16.2. The van der Waals surface area contributed by atoms with E-state index in [1.165, 1.54) is 25.3 Å². The predicted molar refractivity (Wildman–Crippen MR) is 105 cm³/mol. The number of rotatable bonds is 6. The number of amides is 2. The van der Waals surface area contributed by atoms with Crippen molar-refractivity contribution in [2.24, 2.45) is 0 Å². The second-order valence-electron chi connectivity index (χ2n) is 6.71. The molecule has 0 aromatic heterocycles. The molecule has 0 atom stereocenters. The number of nitrogens with one attached hydrogen (secondary N) is 2. The Morgan fingerprint density at radius 3 is 2.21 bits per heavy atom. The van der Waals surface area contributed by atoms with Crippen molar-refractivity contribution in [2.45, 2.75) is 18.4 Å². The third-order valence-electron chi connectivity index (χ3n) is 5.01. The van der Waals surface area contributed by atoms with Gasteiger partial charge in [-0.3, -0.25) is 9.59 Å². The number of fused-ring (bicyclic) bond motifs is 1. The highest BCUT2D eigenvalue weighted by atomic mass is 16.5. The van der Waals surface area contributed by atoms with Crippen LogP contribution in [0.2, 0.25) is 0 Å². The van der Waals surface area contributed by atoms with Gasteiger partial charge in [0, 0.05) is 32.6 Å². The molecule has 0 saturated carbocycles. The second kappa shape index (κ2) is 8.31. The van der Waals surface area contributed by atoms with Gasteiger partial charge in [0.25, 0.3) is 0 Å².